The number of aromatic amines is 1. The number of aryl methyl sites for hydroxylation is 2. The van der Waals surface area contributed by atoms with Crippen molar-refractivity contribution in [1.82, 2.24) is 25.3 Å². The van der Waals surface area contributed by atoms with Crippen LogP contribution in [0.5, 0.6) is 0 Å². The molecule has 2 aliphatic heterocycles. The highest BCUT2D eigenvalue weighted by atomic mass is 16.3. The molecule has 2 saturated heterocycles. The third-order valence-corrected chi connectivity index (χ3v) is 6.31. The zero-order valence-corrected chi connectivity index (χ0v) is 16.7. The van der Waals surface area contributed by atoms with Crippen molar-refractivity contribution >= 4 is 17.7 Å². The Morgan fingerprint density at radius 1 is 1.17 bits per heavy atom. The maximum atomic E-state index is 12.8. The second-order valence-electron chi connectivity index (χ2n) is 8.25. The molecule has 29 heavy (non-hydrogen) atoms. The number of nitrogens with one attached hydrogen (secondary N) is 2. The van der Waals surface area contributed by atoms with Gasteiger partial charge >= 0.3 is 0 Å². The van der Waals surface area contributed by atoms with E-state index >= 15 is 0 Å². The van der Waals surface area contributed by atoms with Gasteiger partial charge in [0.15, 0.2) is 0 Å². The van der Waals surface area contributed by atoms with E-state index in [1.165, 1.54) is 22.6 Å². The van der Waals surface area contributed by atoms with Gasteiger partial charge in [-0.2, -0.15) is 5.10 Å². The number of fused-ring (bicyclic) bond motifs is 1. The third kappa shape index (κ3) is 4.29. The molecule has 0 saturated carbocycles. The van der Waals surface area contributed by atoms with E-state index in [2.05, 4.69) is 15.5 Å². The van der Waals surface area contributed by atoms with E-state index in [0.29, 0.717) is 38.9 Å². The highest BCUT2D eigenvalue weighted by Gasteiger charge is 2.38. The quantitative estimate of drug-likeness (QED) is 0.620. The van der Waals surface area contributed by atoms with E-state index in [1.54, 1.807) is 4.90 Å². The second-order valence-corrected chi connectivity index (χ2v) is 8.25. The van der Waals surface area contributed by atoms with Crippen LogP contribution < -0.4 is 5.32 Å². The fourth-order valence-corrected chi connectivity index (χ4v) is 4.61. The monoisotopic (exact) mass is 403 g/mol. The molecule has 0 unspecified atom stereocenters. The molecule has 0 radical (unpaired) electrons. The van der Waals surface area contributed by atoms with Crippen molar-refractivity contribution in [3.8, 4) is 0 Å². The minimum Gasteiger partial charge on any atom is -0.392 e. The molecule has 0 aromatic carbocycles. The fourth-order valence-electron chi connectivity index (χ4n) is 4.61. The smallest absolute Gasteiger partial charge is 0.239 e. The molecule has 1 aromatic heterocycles. The van der Waals surface area contributed by atoms with Gasteiger partial charge in [-0.05, 0) is 37.7 Å². The van der Waals surface area contributed by atoms with Crippen LogP contribution >= 0.6 is 0 Å². The van der Waals surface area contributed by atoms with E-state index < -0.39 is 12.0 Å². The second kappa shape index (κ2) is 8.52. The number of aliphatic hydroxyl groups excluding tert-OH is 1. The molecule has 158 valence electrons. The molecule has 2 atom stereocenters. The largest absolute Gasteiger partial charge is 0.392 e. The van der Waals surface area contributed by atoms with Crippen molar-refractivity contribution in [3.63, 3.8) is 0 Å². The van der Waals surface area contributed by atoms with E-state index in [1.807, 2.05) is 0 Å². The molecular formula is C20H29N5O4. The van der Waals surface area contributed by atoms with E-state index in [4.69, 9.17) is 0 Å². The first kappa shape index (κ1) is 19.9. The molecule has 1 aromatic rings. The molecule has 9 heteroatoms. The summed E-state index contributed by atoms with van der Waals surface area (Å²) in [5.41, 5.74) is 3.46. The van der Waals surface area contributed by atoms with E-state index in [0.717, 1.165) is 25.0 Å². The number of hydrogen-bond donors (Lipinski definition) is 3. The van der Waals surface area contributed by atoms with Crippen LogP contribution in [0.15, 0.2) is 0 Å². The normalized spacial score (nSPS) is 24.8. The molecule has 3 amide bonds. The number of hydrogen-bond acceptors (Lipinski definition) is 5. The van der Waals surface area contributed by atoms with Gasteiger partial charge in [-0.1, -0.05) is 0 Å². The lowest BCUT2D eigenvalue weighted by atomic mass is 9.92. The molecule has 0 bridgehead atoms. The molecule has 1 aliphatic carbocycles. The summed E-state index contributed by atoms with van der Waals surface area (Å²) in [4.78, 5) is 40.3. The Balaban J connectivity index is 1.34. The summed E-state index contributed by atoms with van der Waals surface area (Å²) < 4.78 is 0. The Morgan fingerprint density at radius 3 is 2.83 bits per heavy atom. The number of amides is 3. The van der Waals surface area contributed by atoms with Gasteiger partial charge < -0.3 is 20.2 Å². The van der Waals surface area contributed by atoms with Gasteiger partial charge in [0.25, 0.3) is 0 Å². The summed E-state index contributed by atoms with van der Waals surface area (Å²) >= 11 is 0. The first-order valence-electron chi connectivity index (χ1n) is 10.6. The number of H-pyrrole nitrogens is 1. The van der Waals surface area contributed by atoms with Crippen molar-refractivity contribution in [1.29, 1.82) is 0 Å². The van der Waals surface area contributed by atoms with Crippen LogP contribution in [-0.2, 0) is 33.6 Å². The van der Waals surface area contributed by atoms with Crippen LogP contribution in [0.25, 0.3) is 0 Å². The lowest BCUT2D eigenvalue weighted by Crippen LogP contribution is -2.57. The van der Waals surface area contributed by atoms with Gasteiger partial charge in [-0.15, -0.1) is 0 Å². The molecule has 3 aliphatic rings. The first-order valence-corrected chi connectivity index (χ1v) is 10.6. The molecule has 3 heterocycles. The van der Waals surface area contributed by atoms with Crippen LogP contribution in [0, 0.1) is 5.92 Å². The molecule has 2 fully saturated rings. The molecule has 4 rings (SSSR count). The fraction of sp³-hybridized carbons (Fsp3) is 0.700. The molecule has 0 spiro atoms. The van der Waals surface area contributed by atoms with Crippen molar-refractivity contribution in [3.05, 3.63) is 17.0 Å². The number of likely N-dealkylation sites (tertiary alicyclic amines) is 1. The van der Waals surface area contributed by atoms with Crippen LogP contribution in [0.3, 0.4) is 0 Å². The number of carbonyl (C=O) groups is 3. The van der Waals surface area contributed by atoms with Gasteiger partial charge in [0.1, 0.15) is 0 Å². The minimum absolute atomic E-state index is 0.0142. The summed E-state index contributed by atoms with van der Waals surface area (Å²) in [6.45, 7) is 1.52. The number of rotatable bonds is 4. The number of carbonyl (C=O) groups excluding carboxylic acids is 3. The van der Waals surface area contributed by atoms with Gasteiger partial charge in [0, 0.05) is 44.7 Å². The van der Waals surface area contributed by atoms with Gasteiger partial charge in [0.05, 0.1) is 24.3 Å². The highest BCUT2D eigenvalue weighted by Crippen LogP contribution is 2.24. The van der Waals surface area contributed by atoms with Gasteiger partial charge in [-0.25, -0.2) is 0 Å². The van der Waals surface area contributed by atoms with E-state index in [9.17, 15) is 19.5 Å². The Labute approximate surface area is 169 Å². The predicted molar refractivity (Wildman–Crippen MR) is 104 cm³/mol. The Morgan fingerprint density at radius 2 is 2.00 bits per heavy atom. The zero-order chi connectivity index (χ0) is 20.4. The van der Waals surface area contributed by atoms with E-state index in [-0.39, 0.29) is 30.8 Å². The van der Waals surface area contributed by atoms with Crippen LogP contribution in [0.1, 0.15) is 42.6 Å². The number of piperidine rings is 1. The Hall–Kier alpha value is -2.42. The zero-order valence-electron chi connectivity index (χ0n) is 16.7. The van der Waals surface area contributed by atoms with Gasteiger partial charge in [0.2, 0.25) is 17.7 Å². The molecule has 3 N–H and O–H groups in total. The molecular weight excluding hydrogens is 374 g/mol. The van der Waals surface area contributed by atoms with Gasteiger partial charge in [-0.3, -0.25) is 19.5 Å². The number of nitrogens with zero attached hydrogens (tertiary/aromatic N) is 3. The maximum absolute atomic E-state index is 12.8. The first-order chi connectivity index (χ1) is 14.0. The average molecular weight is 403 g/mol. The number of piperazine rings is 1. The van der Waals surface area contributed by atoms with Crippen LogP contribution in [0.2, 0.25) is 0 Å². The Bertz CT molecular complexity index is 792. The van der Waals surface area contributed by atoms with Crippen molar-refractivity contribution in [2.24, 2.45) is 5.92 Å². The average Bonchev–Trinajstić information content (AvgIpc) is 3.15. The summed E-state index contributed by atoms with van der Waals surface area (Å²) in [7, 11) is 0. The third-order valence-electron chi connectivity index (χ3n) is 6.31. The topological polar surface area (TPSA) is 119 Å². The summed E-state index contributed by atoms with van der Waals surface area (Å²) in [6, 6.07) is 0. The van der Waals surface area contributed by atoms with Crippen molar-refractivity contribution in [2.75, 3.05) is 32.7 Å². The standard InChI is InChI=1S/C20H29N5O4/c26-17-7-9-24(11-14(17)20(29)25-10-8-21-18(27)12-25)19(28)6-5-16-13-3-1-2-4-15(13)22-23-16/h14,17,26H,1-12H2,(H,21,27)(H,22,23)/t14-,17+/m0/s1. The number of aliphatic hydroxyl groups is 1. The minimum atomic E-state index is -0.783. The van der Waals surface area contributed by atoms with Crippen LogP contribution in [0.4, 0.5) is 0 Å². The molecule has 9 nitrogen and oxygen atoms in total. The maximum Gasteiger partial charge on any atom is 0.239 e. The Kier molecular flexibility index (Phi) is 5.84. The van der Waals surface area contributed by atoms with Crippen molar-refractivity contribution in [2.45, 2.75) is 51.0 Å². The SMILES string of the molecule is O=C1CN(C(=O)[C@H]2CN(C(=O)CCc3n[nH]c4c3CCCC4)CC[C@H]2O)CCN1. The highest BCUT2D eigenvalue weighted by molar-refractivity contribution is 5.88. The van der Waals surface area contributed by atoms with Crippen molar-refractivity contribution < 1.29 is 19.5 Å². The number of aromatic nitrogens is 2. The predicted octanol–water partition coefficient (Wildman–Crippen LogP) is -0.611. The van der Waals surface area contributed by atoms with Crippen LogP contribution in [-0.4, -0.2) is 81.7 Å². The lowest BCUT2D eigenvalue weighted by molar-refractivity contribution is -0.149. The summed E-state index contributed by atoms with van der Waals surface area (Å²) in [6.07, 6.45) is 4.92. The summed E-state index contributed by atoms with van der Waals surface area (Å²) in [5, 5.41) is 20.5. The summed E-state index contributed by atoms with van der Waals surface area (Å²) in [5.74, 6) is -1.12. The lowest BCUT2D eigenvalue weighted by Gasteiger charge is -2.38.